The number of nitrogens with two attached hydrogens (primary N) is 1. The smallest absolute Gasteiger partial charge is 0.0678 e. The third kappa shape index (κ3) is 2.27. The molecule has 0 aliphatic carbocycles. The first-order chi connectivity index (χ1) is 6.42. The zero-order valence-electron chi connectivity index (χ0n) is 9.55. The molecule has 0 amide bonds. The van der Waals surface area contributed by atoms with Gasteiger partial charge in [0.1, 0.15) is 0 Å². The van der Waals surface area contributed by atoms with Gasteiger partial charge in [0.15, 0.2) is 0 Å². The van der Waals surface area contributed by atoms with Crippen LogP contribution in [0.2, 0.25) is 0 Å². The summed E-state index contributed by atoms with van der Waals surface area (Å²) >= 11 is 0. The number of aliphatic hydroxyl groups excluding tert-OH is 1. The number of aliphatic hydroxyl groups is 1. The molecule has 0 aromatic rings. The van der Waals surface area contributed by atoms with Gasteiger partial charge in [-0.05, 0) is 18.3 Å². The summed E-state index contributed by atoms with van der Waals surface area (Å²) in [6.07, 6.45) is 1.59. The van der Waals surface area contributed by atoms with Crippen molar-refractivity contribution >= 4 is 0 Å². The van der Waals surface area contributed by atoms with Crippen molar-refractivity contribution in [2.45, 2.75) is 39.7 Å². The summed E-state index contributed by atoms with van der Waals surface area (Å²) in [6.45, 7) is 8.04. The van der Waals surface area contributed by atoms with Gasteiger partial charge in [-0.2, -0.15) is 0 Å². The van der Waals surface area contributed by atoms with Crippen molar-refractivity contribution < 1.29 is 9.84 Å². The van der Waals surface area contributed by atoms with Crippen LogP contribution in [-0.2, 0) is 4.74 Å². The Morgan fingerprint density at radius 1 is 1.50 bits per heavy atom. The molecule has 1 fully saturated rings. The maximum absolute atomic E-state index is 10.3. The molecule has 1 aliphatic rings. The Morgan fingerprint density at radius 2 is 2.14 bits per heavy atom. The quantitative estimate of drug-likeness (QED) is 0.704. The van der Waals surface area contributed by atoms with E-state index in [0.717, 1.165) is 19.4 Å². The second kappa shape index (κ2) is 4.17. The Hall–Kier alpha value is -0.120. The standard InChI is InChI=1S/C11H23NO2/c1-10(2,3)9(13)11(7-12)5-4-6-14-8-11/h9,13H,4-8,12H2,1-3H3. The zero-order valence-corrected chi connectivity index (χ0v) is 9.55. The molecule has 0 aromatic carbocycles. The zero-order chi connectivity index (χ0) is 10.8. The molecule has 2 atom stereocenters. The lowest BCUT2D eigenvalue weighted by Crippen LogP contribution is -2.52. The predicted octanol–water partition coefficient (Wildman–Crippen LogP) is 1.15. The van der Waals surface area contributed by atoms with E-state index in [1.807, 2.05) is 20.8 Å². The van der Waals surface area contributed by atoms with Crippen LogP contribution in [0, 0.1) is 10.8 Å². The van der Waals surface area contributed by atoms with Crippen molar-refractivity contribution in [3.8, 4) is 0 Å². The lowest BCUT2D eigenvalue weighted by Gasteiger charge is -2.45. The van der Waals surface area contributed by atoms with E-state index in [4.69, 9.17) is 10.5 Å². The molecule has 0 bridgehead atoms. The molecule has 3 nitrogen and oxygen atoms in total. The maximum Gasteiger partial charge on any atom is 0.0678 e. The Morgan fingerprint density at radius 3 is 2.50 bits per heavy atom. The number of rotatable bonds is 2. The highest BCUT2D eigenvalue weighted by Gasteiger charge is 2.44. The van der Waals surface area contributed by atoms with Crippen LogP contribution in [-0.4, -0.2) is 31.0 Å². The summed E-state index contributed by atoms with van der Waals surface area (Å²) in [6, 6.07) is 0. The van der Waals surface area contributed by atoms with Gasteiger partial charge in [-0.1, -0.05) is 20.8 Å². The normalized spacial score (nSPS) is 31.5. The third-order valence-corrected chi connectivity index (χ3v) is 3.16. The third-order valence-electron chi connectivity index (χ3n) is 3.16. The molecule has 14 heavy (non-hydrogen) atoms. The molecule has 3 N–H and O–H groups in total. The van der Waals surface area contributed by atoms with E-state index >= 15 is 0 Å². The molecule has 2 unspecified atom stereocenters. The minimum Gasteiger partial charge on any atom is -0.392 e. The molecular formula is C11H23NO2. The largest absolute Gasteiger partial charge is 0.392 e. The van der Waals surface area contributed by atoms with E-state index in [2.05, 4.69) is 0 Å². The SMILES string of the molecule is CC(C)(C)C(O)C1(CN)CCCOC1. The van der Waals surface area contributed by atoms with Gasteiger partial charge < -0.3 is 15.6 Å². The Bertz CT molecular complexity index is 180. The van der Waals surface area contributed by atoms with Gasteiger partial charge in [-0.3, -0.25) is 0 Å². The summed E-state index contributed by atoms with van der Waals surface area (Å²) in [5.41, 5.74) is 5.45. The van der Waals surface area contributed by atoms with Crippen molar-refractivity contribution in [2.75, 3.05) is 19.8 Å². The van der Waals surface area contributed by atoms with Crippen molar-refractivity contribution in [1.29, 1.82) is 0 Å². The van der Waals surface area contributed by atoms with Crippen molar-refractivity contribution in [3.05, 3.63) is 0 Å². The van der Waals surface area contributed by atoms with Crippen LogP contribution in [0.1, 0.15) is 33.6 Å². The van der Waals surface area contributed by atoms with Crippen LogP contribution < -0.4 is 5.73 Å². The highest BCUT2D eigenvalue weighted by atomic mass is 16.5. The Labute approximate surface area is 86.6 Å². The minimum atomic E-state index is -0.389. The van der Waals surface area contributed by atoms with Crippen molar-refractivity contribution in [2.24, 2.45) is 16.6 Å². The van der Waals surface area contributed by atoms with Gasteiger partial charge in [-0.25, -0.2) is 0 Å². The molecule has 3 heteroatoms. The van der Waals surface area contributed by atoms with E-state index in [1.54, 1.807) is 0 Å². The second-order valence-electron chi connectivity index (χ2n) is 5.49. The van der Waals surface area contributed by atoms with Crippen LogP contribution >= 0.6 is 0 Å². The van der Waals surface area contributed by atoms with Crippen LogP contribution in [0.25, 0.3) is 0 Å². The first kappa shape index (κ1) is 12.0. The lowest BCUT2D eigenvalue weighted by atomic mass is 9.68. The van der Waals surface area contributed by atoms with Crippen LogP contribution in [0.4, 0.5) is 0 Å². The topological polar surface area (TPSA) is 55.5 Å². The molecular weight excluding hydrogens is 178 g/mol. The van der Waals surface area contributed by atoms with E-state index in [-0.39, 0.29) is 16.9 Å². The average molecular weight is 201 g/mol. The molecule has 0 radical (unpaired) electrons. The van der Waals surface area contributed by atoms with Gasteiger partial charge in [0.25, 0.3) is 0 Å². The van der Waals surface area contributed by atoms with E-state index in [1.165, 1.54) is 0 Å². The van der Waals surface area contributed by atoms with Gasteiger partial charge in [-0.15, -0.1) is 0 Å². The summed E-state index contributed by atoms with van der Waals surface area (Å²) < 4.78 is 5.45. The first-order valence-corrected chi connectivity index (χ1v) is 5.38. The van der Waals surface area contributed by atoms with E-state index in [9.17, 15) is 5.11 Å². The first-order valence-electron chi connectivity index (χ1n) is 5.38. The second-order valence-corrected chi connectivity index (χ2v) is 5.49. The molecule has 1 rings (SSSR count). The molecule has 84 valence electrons. The number of hydrogen-bond acceptors (Lipinski definition) is 3. The maximum atomic E-state index is 10.3. The predicted molar refractivity (Wildman–Crippen MR) is 57.0 cm³/mol. The highest BCUT2D eigenvalue weighted by Crippen LogP contribution is 2.39. The molecule has 0 spiro atoms. The molecule has 0 aromatic heterocycles. The molecule has 1 heterocycles. The Kier molecular flexibility index (Phi) is 3.56. The summed E-state index contributed by atoms with van der Waals surface area (Å²) in [7, 11) is 0. The highest BCUT2D eigenvalue weighted by molar-refractivity contribution is 4.94. The van der Waals surface area contributed by atoms with Crippen molar-refractivity contribution in [1.82, 2.24) is 0 Å². The fourth-order valence-corrected chi connectivity index (χ4v) is 2.28. The van der Waals surface area contributed by atoms with Crippen LogP contribution in [0.15, 0.2) is 0 Å². The molecule has 1 aliphatic heterocycles. The van der Waals surface area contributed by atoms with Gasteiger partial charge in [0.2, 0.25) is 0 Å². The van der Waals surface area contributed by atoms with Crippen LogP contribution in [0.5, 0.6) is 0 Å². The van der Waals surface area contributed by atoms with E-state index < -0.39 is 0 Å². The Balaban J connectivity index is 2.77. The summed E-state index contributed by atoms with van der Waals surface area (Å²) in [4.78, 5) is 0. The van der Waals surface area contributed by atoms with E-state index in [0.29, 0.717) is 13.2 Å². The van der Waals surface area contributed by atoms with Gasteiger partial charge >= 0.3 is 0 Å². The fourth-order valence-electron chi connectivity index (χ4n) is 2.28. The average Bonchev–Trinajstić information content (AvgIpc) is 2.16. The number of ether oxygens (including phenoxy) is 1. The molecule has 0 saturated carbocycles. The summed E-state index contributed by atoms with van der Waals surface area (Å²) in [5.74, 6) is 0. The van der Waals surface area contributed by atoms with Crippen molar-refractivity contribution in [3.63, 3.8) is 0 Å². The summed E-state index contributed by atoms with van der Waals surface area (Å²) in [5, 5.41) is 10.3. The number of hydrogen-bond donors (Lipinski definition) is 2. The van der Waals surface area contributed by atoms with Gasteiger partial charge in [0, 0.05) is 18.6 Å². The molecule has 1 saturated heterocycles. The lowest BCUT2D eigenvalue weighted by molar-refractivity contribution is -0.115. The monoisotopic (exact) mass is 201 g/mol. The fraction of sp³-hybridized carbons (Fsp3) is 1.00. The van der Waals surface area contributed by atoms with Gasteiger partial charge in [0.05, 0.1) is 12.7 Å². The van der Waals surface area contributed by atoms with Crippen LogP contribution in [0.3, 0.4) is 0 Å². The minimum absolute atomic E-state index is 0.125.